The molecule has 2 heteroatoms. The molecule has 0 bridgehead atoms. The van der Waals surface area contributed by atoms with E-state index in [9.17, 15) is 0 Å². The molecule has 2 fully saturated rings. The van der Waals surface area contributed by atoms with Crippen molar-refractivity contribution in [3.05, 3.63) is 0 Å². The van der Waals surface area contributed by atoms with Gasteiger partial charge in [0.25, 0.3) is 0 Å². The first-order valence-electron chi connectivity index (χ1n) is 2.70. The average Bonchev–Trinajstić information content (AvgIpc) is 2.41. The zero-order valence-corrected chi connectivity index (χ0v) is 4.09. The van der Waals surface area contributed by atoms with Crippen molar-refractivity contribution in [2.24, 2.45) is 0 Å². The van der Waals surface area contributed by atoms with Crippen LogP contribution >= 0.6 is 0 Å². The van der Waals surface area contributed by atoms with Gasteiger partial charge in [-0.2, -0.15) is 0 Å². The predicted molar refractivity (Wildman–Crippen MR) is 24.1 cm³/mol. The molecule has 2 rings (SSSR count). The van der Waals surface area contributed by atoms with Crippen LogP contribution in [0.5, 0.6) is 0 Å². The Morgan fingerprint density at radius 2 is 2.29 bits per heavy atom. The Hall–Kier alpha value is -0.0800. The van der Waals surface area contributed by atoms with Crippen LogP contribution in [0.2, 0.25) is 0 Å². The summed E-state index contributed by atoms with van der Waals surface area (Å²) in [5, 5.41) is 0. The maximum absolute atomic E-state index is 5.15. The molecule has 0 aliphatic carbocycles. The van der Waals surface area contributed by atoms with E-state index in [1.807, 2.05) is 0 Å². The van der Waals surface area contributed by atoms with Gasteiger partial charge in [0.15, 0.2) is 0 Å². The van der Waals surface area contributed by atoms with Crippen LogP contribution < -0.4 is 0 Å². The molecule has 2 aliphatic rings. The Balaban J connectivity index is 1.95. The molecule has 0 radical (unpaired) electrons. The van der Waals surface area contributed by atoms with Crippen molar-refractivity contribution in [3.8, 4) is 0 Å². The van der Waals surface area contributed by atoms with Crippen molar-refractivity contribution in [2.75, 3.05) is 13.2 Å². The van der Waals surface area contributed by atoms with Crippen LogP contribution in [0.4, 0.5) is 0 Å². The fourth-order valence-corrected chi connectivity index (χ4v) is 0.979. The molecule has 0 spiro atoms. The molecular weight excluding hydrogens is 92.1 g/mol. The van der Waals surface area contributed by atoms with E-state index in [-0.39, 0.29) is 0 Å². The summed E-state index contributed by atoms with van der Waals surface area (Å²) in [7, 11) is 0. The maximum Gasteiger partial charge on any atom is 0.107 e. The van der Waals surface area contributed by atoms with Crippen LogP contribution in [0.3, 0.4) is 0 Å². The van der Waals surface area contributed by atoms with Gasteiger partial charge in [0, 0.05) is 6.61 Å². The highest BCUT2D eigenvalue weighted by atomic mass is 16.6. The highest BCUT2D eigenvalue weighted by Crippen LogP contribution is 2.28. The minimum Gasteiger partial charge on any atom is -0.379 e. The predicted octanol–water partition coefficient (Wildman–Crippen LogP) is 0.174. The second-order valence-corrected chi connectivity index (χ2v) is 2.08. The van der Waals surface area contributed by atoms with Gasteiger partial charge in [-0.25, -0.2) is 0 Å². The van der Waals surface area contributed by atoms with Gasteiger partial charge in [-0.15, -0.1) is 0 Å². The Labute approximate surface area is 42.4 Å². The third-order valence-corrected chi connectivity index (χ3v) is 1.52. The first kappa shape index (κ1) is 3.87. The number of rotatable bonds is 0. The Morgan fingerprint density at radius 1 is 1.29 bits per heavy atom. The fourth-order valence-electron chi connectivity index (χ4n) is 0.979. The highest BCUT2D eigenvalue weighted by Gasteiger charge is 2.40. The minimum atomic E-state index is 0.480. The lowest BCUT2D eigenvalue weighted by atomic mass is 10.2. The molecule has 7 heavy (non-hydrogen) atoms. The van der Waals surface area contributed by atoms with Gasteiger partial charge in [-0.1, -0.05) is 0 Å². The molecule has 0 unspecified atom stereocenters. The highest BCUT2D eigenvalue weighted by molar-refractivity contribution is 4.86. The number of fused-ring (bicyclic) bond motifs is 1. The van der Waals surface area contributed by atoms with Crippen LogP contribution in [0, 0.1) is 0 Å². The van der Waals surface area contributed by atoms with Gasteiger partial charge in [0.05, 0.1) is 12.7 Å². The molecule has 0 N–H and O–H groups in total. The van der Waals surface area contributed by atoms with Crippen molar-refractivity contribution >= 4 is 0 Å². The van der Waals surface area contributed by atoms with E-state index in [1.54, 1.807) is 0 Å². The molecular formula is C5H8O2. The molecule has 2 atom stereocenters. The third-order valence-electron chi connectivity index (χ3n) is 1.52. The summed E-state index contributed by atoms with van der Waals surface area (Å²) < 4.78 is 10.3. The quantitative estimate of drug-likeness (QED) is 0.405. The lowest BCUT2D eigenvalue weighted by Crippen LogP contribution is -2.13. The van der Waals surface area contributed by atoms with E-state index < -0.39 is 0 Å². The Bertz CT molecular complexity index is 72.1. The van der Waals surface area contributed by atoms with Crippen molar-refractivity contribution in [1.82, 2.24) is 0 Å². The van der Waals surface area contributed by atoms with E-state index in [1.165, 1.54) is 0 Å². The van der Waals surface area contributed by atoms with E-state index in [2.05, 4.69) is 0 Å². The molecule has 2 nitrogen and oxygen atoms in total. The monoisotopic (exact) mass is 100 g/mol. The number of hydrogen-bond acceptors (Lipinski definition) is 2. The van der Waals surface area contributed by atoms with Crippen LogP contribution in [-0.2, 0) is 9.47 Å². The largest absolute Gasteiger partial charge is 0.379 e. The maximum atomic E-state index is 5.15. The summed E-state index contributed by atoms with van der Waals surface area (Å²) in [5.41, 5.74) is 0. The summed E-state index contributed by atoms with van der Waals surface area (Å²) >= 11 is 0. The van der Waals surface area contributed by atoms with Crippen molar-refractivity contribution in [2.45, 2.75) is 18.6 Å². The summed E-state index contributed by atoms with van der Waals surface area (Å²) in [5.74, 6) is 0. The second-order valence-electron chi connectivity index (χ2n) is 2.08. The summed E-state index contributed by atoms with van der Waals surface area (Å²) in [6, 6.07) is 0. The Kier molecular flexibility index (Phi) is 0.664. The van der Waals surface area contributed by atoms with Gasteiger partial charge in [-0.3, -0.25) is 0 Å². The summed E-state index contributed by atoms with van der Waals surface area (Å²) in [6.07, 6.45) is 2.17. The molecule has 0 aromatic heterocycles. The topological polar surface area (TPSA) is 21.8 Å². The van der Waals surface area contributed by atoms with Crippen LogP contribution in [0.25, 0.3) is 0 Å². The Morgan fingerprint density at radius 3 is 2.86 bits per heavy atom. The van der Waals surface area contributed by atoms with Crippen molar-refractivity contribution in [3.63, 3.8) is 0 Å². The molecule has 0 saturated carbocycles. The number of epoxide rings is 1. The second kappa shape index (κ2) is 1.20. The number of hydrogen-bond donors (Lipinski definition) is 0. The van der Waals surface area contributed by atoms with Crippen molar-refractivity contribution < 1.29 is 9.47 Å². The van der Waals surface area contributed by atoms with Gasteiger partial charge in [-0.05, 0) is 6.42 Å². The molecule has 0 amide bonds. The van der Waals surface area contributed by atoms with Gasteiger partial charge in [0.1, 0.15) is 6.10 Å². The van der Waals surface area contributed by atoms with Gasteiger partial charge < -0.3 is 9.47 Å². The van der Waals surface area contributed by atoms with E-state index in [4.69, 9.17) is 9.47 Å². The van der Waals surface area contributed by atoms with E-state index in [0.717, 1.165) is 19.6 Å². The average molecular weight is 100 g/mol. The molecule has 2 aliphatic heterocycles. The van der Waals surface area contributed by atoms with Crippen LogP contribution in [0.15, 0.2) is 0 Å². The minimum absolute atomic E-state index is 0.480. The molecule has 2 heterocycles. The fraction of sp³-hybridized carbons (Fsp3) is 1.00. The zero-order chi connectivity index (χ0) is 4.69. The van der Waals surface area contributed by atoms with Crippen molar-refractivity contribution in [1.29, 1.82) is 0 Å². The lowest BCUT2D eigenvalue weighted by molar-refractivity contribution is 0.111. The molecule has 0 aromatic rings. The smallest absolute Gasteiger partial charge is 0.107 e. The van der Waals surface area contributed by atoms with Crippen LogP contribution in [-0.4, -0.2) is 25.4 Å². The van der Waals surface area contributed by atoms with Gasteiger partial charge in [0.2, 0.25) is 0 Å². The normalized spacial score (nSPS) is 48.0. The summed E-state index contributed by atoms with van der Waals surface area (Å²) in [4.78, 5) is 0. The summed E-state index contributed by atoms with van der Waals surface area (Å²) in [6.45, 7) is 1.74. The molecule has 2 saturated heterocycles. The first-order valence-corrected chi connectivity index (χ1v) is 2.70. The van der Waals surface area contributed by atoms with Gasteiger partial charge >= 0.3 is 0 Å². The molecule has 0 aromatic carbocycles. The SMILES string of the molecule is C1C[C@@H]2O[C@@H]2CO1. The molecule has 40 valence electrons. The number of ether oxygens (including phenoxy) is 2. The zero-order valence-electron chi connectivity index (χ0n) is 4.09. The van der Waals surface area contributed by atoms with Crippen LogP contribution in [0.1, 0.15) is 6.42 Å². The first-order chi connectivity index (χ1) is 3.47. The van der Waals surface area contributed by atoms with E-state index >= 15 is 0 Å². The van der Waals surface area contributed by atoms with E-state index in [0.29, 0.717) is 12.2 Å². The lowest BCUT2D eigenvalue weighted by Gasteiger charge is -2.03. The third kappa shape index (κ3) is 0.545. The standard InChI is InChI=1S/C5H8O2/c1-2-6-3-5-4(1)7-5/h4-5H,1-3H2/t4-,5+/m0/s1.